The Bertz CT molecular complexity index is 455. The number of nitrogens with zero attached hydrogens (tertiary/aromatic N) is 1. The smallest absolute Gasteiger partial charge is 0.0423 e. The van der Waals surface area contributed by atoms with Crippen LogP contribution < -0.4 is 10.2 Å². The Balaban J connectivity index is 2.20. The van der Waals surface area contributed by atoms with Crippen LogP contribution in [0.2, 0.25) is 0 Å². The zero-order valence-electron chi connectivity index (χ0n) is 13.3. The normalized spacial score (nSPS) is 23.4. The first-order valence-corrected chi connectivity index (χ1v) is 8.34. The van der Waals surface area contributed by atoms with Gasteiger partial charge in [0, 0.05) is 35.3 Å². The van der Waals surface area contributed by atoms with Crippen molar-refractivity contribution in [1.29, 1.82) is 0 Å². The molecule has 0 radical (unpaired) electrons. The predicted octanol–water partition coefficient (Wildman–Crippen LogP) is 4.43. The standard InChI is InChI=1S/C17H27BrN2/c1-12-10-20(11-13(12)2)16-8-15(18)7-6-14(16)9-19-17(3,4)5/h6-8,12-13,19H,9-11H2,1-5H3. The van der Waals surface area contributed by atoms with E-state index in [1.807, 2.05) is 0 Å². The molecule has 1 N–H and O–H groups in total. The maximum absolute atomic E-state index is 3.62. The van der Waals surface area contributed by atoms with E-state index in [1.165, 1.54) is 28.8 Å². The van der Waals surface area contributed by atoms with Crippen molar-refractivity contribution in [2.45, 2.75) is 46.7 Å². The predicted molar refractivity (Wildman–Crippen MR) is 91.3 cm³/mol. The fraction of sp³-hybridized carbons (Fsp3) is 0.647. The molecule has 0 aliphatic carbocycles. The summed E-state index contributed by atoms with van der Waals surface area (Å²) >= 11 is 3.62. The lowest BCUT2D eigenvalue weighted by Crippen LogP contribution is -2.35. The van der Waals surface area contributed by atoms with E-state index in [9.17, 15) is 0 Å². The molecule has 1 saturated heterocycles. The van der Waals surface area contributed by atoms with E-state index in [0.29, 0.717) is 0 Å². The summed E-state index contributed by atoms with van der Waals surface area (Å²) in [5.74, 6) is 1.55. The van der Waals surface area contributed by atoms with Gasteiger partial charge in [0.2, 0.25) is 0 Å². The van der Waals surface area contributed by atoms with Crippen LogP contribution in [0.15, 0.2) is 22.7 Å². The van der Waals surface area contributed by atoms with Crippen LogP contribution in [0.4, 0.5) is 5.69 Å². The SMILES string of the molecule is CC1CN(c2cc(Br)ccc2CNC(C)(C)C)CC1C. The van der Waals surface area contributed by atoms with E-state index in [4.69, 9.17) is 0 Å². The summed E-state index contributed by atoms with van der Waals surface area (Å²) in [6, 6.07) is 6.66. The Morgan fingerprint density at radius 2 is 1.80 bits per heavy atom. The van der Waals surface area contributed by atoms with Crippen LogP contribution in [-0.4, -0.2) is 18.6 Å². The van der Waals surface area contributed by atoms with Crippen LogP contribution in [0, 0.1) is 11.8 Å². The molecule has 1 aliphatic rings. The van der Waals surface area contributed by atoms with Crippen LogP contribution in [0.25, 0.3) is 0 Å². The molecule has 1 aliphatic heterocycles. The van der Waals surface area contributed by atoms with Crippen molar-refractivity contribution in [3.63, 3.8) is 0 Å². The van der Waals surface area contributed by atoms with Gasteiger partial charge in [0.1, 0.15) is 0 Å². The zero-order chi connectivity index (χ0) is 14.9. The van der Waals surface area contributed by atoms with Crippen molar-refractivity contribution >= 4 is 21.6 Å². The summed E-state index contributed by atoms with van der Waals surface area (Å²) in [5, 5.41) is 3.60. The lowest BCUT2D eigenvalue weighted by molar-refractivity contribution is 0.424. The fourth-order valence-corrected chi connectivity index (χ4v) is 3.02. The van der Waals surface area contributed by atoms with Gasteiger partial charge in [-0.15, -0.1) is 0 Å². The molecule has 2 atom stereocenters. The van der Waals surface area contributed by atoms with Gasteiger partial charge in [-0.25, -0.2) is 0 Å². The molecule has 2 nitrogen and oxygen atoms in total. The van der Waals surface area contributed by atoms with Gasteiger partial charge in [0.25, 0.3) is 0 Å². The first kappa shape index (κ1) is 15.8. The van der Waals surface area contributed by atoms with Gasteiger partial charge < -0.3 is 10.2 Å². The molecule has 1 heterocycles. The summed E-state index contributed by atoms with van der Waals surface area (Å²) in [5.41, 5.74) is 2.92. The maximum Gasteiger partial charge on any atom is 0.0423 e. The van der Waals surface area contributed by atoms with Crippen LogP contribution in [0.1, 0.15) is 40.2 Å². The highest BCUT2D eigenvalue weighted by molar-refractivity contribution is 9.10. The van der Waals surface area contributed by atoms with E-state index in [2.05, 4.69) is 79.0 Å². The van der Waals surface area contributed by atoms with Crippen molar-refractivity contribution in [1.82, 2.24) is 5.32 Å². The Hall–Kier alpha value is -0.540. The van der Waals surface area contributed by atoms with E-state index >= 15 is 0 Å². The second kappa shape index (κ2) is 6.07. The summed E-state index contributed by atoms with van der Waals surface area (Å²) in [6.45, 7) is 14.6. The van der Waals surface area contributed by atoms with E-state index in [0.717, 1.165) is 18.4 Å². The molecular formula is C17H27BrN2. The minimum atomic E-state index is 0.149. The van der Waals surface area contributed by atoms with Gasteiger partial charge >= 0.3 is 0 Å². The van der Waals surface area contributed by atoms with Gasteiger partial charge in [-0.2, -0.15) is 0 Å². The lowest BCUT2D eigenvalue weighted by atomic mass is 10.0. The third kappa shape index (κ3) is 3.98. The first-order chi connectivity index (χ1) is 9.26. The highest BCUT2D eigenvalue weighted by Crippen LogP contribution is 2.32. The highest BCUT2D eigenvalue weighted by Gasteiger charge is 2.27. The lowest BCUT2D eigenvalue weighted by Gasteiger charge is -2.26. The van der Waals surface area contributed by atoms with E-state index < -0.39 is 0 Å². The van der Waals surface area contributed by atoms with Crippen molar-refractivity contribution in [3.05, 3.63) is 28.2 Å². The average Bonchev–Trinajstić information content (AvgIpc) is 2.67. The molecule has 1 aromatic carbocycles. The van der Waals surface area contributed by atoms with Gasteiger partial charge in [-0.05, 0) is 50.3 Å². The molecular weight excluding hydrogens is 312 g/mol. The first-order valence-electron chi connectivity index (χ1n) is 7.54. The second-order valence-electron chi connectivity index (χ2n) is 7.24. The monoisotopic (exact) mass is 338 g/mol. The topological polar surface area (TPSA) is 15.3 Å². The zero-order valence-corrected chi connectivity index (χ0v) is 14.9. The maximum atomic E-state index is 3.62. The van der Waals surface area contributed by atoms with Gasteiger partial charge in [0.05, 0.1) is 0 Å². The molecule has 112 valence electrons. The summed E-state index contributed by atoms with van der Waals surface area (Å²) < 4.78 is 1.17. The molecule has 0 saturated carbocycles. The van der Waals surface area contributed by atoms with Crippen LogP contribution in [0.3, 0.4) is 0 Å². The number of anilines is 1. The Kier molecular flexibility index (Phi) is 4.80. The molecule has 0 bridgehead atoms. The third-order valence-electron chi connectivity index (χ3n) is 4.19. The Morgan fingerprint density at radius 3 is 2.35 bits per heavy atom. The molecule has 1 aromatic rings. The molecule has 0 spiro atoms. The summed E-state index contributed by atoms with van der Waals surface area (Å²) in [7, 11) is 0. The summed E-state index contributed by atoms with van der Waals surface area (Å²) in [4.78, 5) is 2.54. The second-order valence-corrected chi connectivity index (χ2v) is 8.15. The van der Waals surface area contributed by atoms with Crippen molar-refractivity contribution in [2.24, 2.45) is 11.8 Å². The Morgan fingerprint density at radius 1 is 1.20 bits per heavy atom. The van der Waals surface area contributed by atoms with Crippen molar-refractivity contribution in [2.75, 3.05) is 18.0 Å². The van der Waals surface area contributed by atoms with Gasteiger partial charge in [-0.1, -0.05) is 35.8 Å². The number of nitrogens with one attached hydrogen (secondary N) is 1. The van der Waals surface area contributed by atoms with Crippen LogP contribution >= 0.6 is 15.9 Å². The molecule has 0 amide bonds. The number of rotatable bonds is 3. The van der Waals surface area contributed by atoms with Crippen molar-refractivity contribution < 1.29 is 0 Å². The molecule has 0 aromatic heterocycles. The Labute approximate surface area is 132 Å². The average molecular weight is 339 g/mol. The highest BCUT2D eigenvalue weighted by atomic mass is 79.9. The number of hydrogen-bond donors (Lipinski definition) is 1. The summed E-state index contributed by atoms with van der Waals surface area (Å²) in [6.07, 6.45) is 0. The minimum absolute atomic E-state index is 0.149. The van der Waals surface area contributed by atoms with Crippen LogP contribution in [0.5, 0.6) is 0 Å². The number of halogens is 1. The molecule has 2 rings (SSSR count). The van der Waals surface area contributed by atoms with Crippen LogP contribution in [-0.2, 0) is 6.54 Å². The molecule has 20 heavy (non-hydrogen) atoms. The largest absolute Gasteiger partial charge is 0.371 e. The molecule has 3 heteroatoms. The minimum Gasteiger partial charge on any atom is -0.371 e. The molecule has 1 fully saturated rings. The van der Waals surface area contributed by atoms with Crippen molar-refractivity contribution in [3.8, 4) is 0 Å². The number of benzene rings is 1. The quantitative estimate of drug-likeness (QED) is 0.876. The fourth-order valence-electron chi connectivity index (χ4n) is 2.67. The molecule has 2 unspecified atom stereocenters. The van der Waals surface area contributed by atoms with E-state index in [1.54, 1.807) is 0 Å². The van der Waals surface area contributed by atoms with Gasteiger partial charge in [0.15, 0.2) is 0 Å². The number of hydrogen-bond acceptors (Lipinski definition) is 2. The van der Waals surface area contributed by atoms with Gasteiger partial charge in [-0.3, -0.25) is 0 Å². The third-order valence-corrected chi connectivity index (χ3v) is 4.68. The van der Waals surface area contributed by atoms with E-state index in [-0.39, 0.29) is 5.54 Å².